The smallest absolute Gasteiger partial charge is 0.335 e. The fraction of sp³-hybridized carbons (Fsp3) is 0.0435. The van der Waals surface area contributed by atoms with E-state index < -0.39 is 5.97 Å². The van der Waals surface area contributed by atoms with E-state index in [-0.39, 0.29) is 18.0 Å². The first-order chi connectivity index (χ1) is 14.4. The molecule has 0 fully saturated rings. The molecule has 0 aliphatic carbocycles. The van der Waals surface area contributed by atoms with Gasteiger partial charge in [-0.1, -0.05) is 24.3 Å². The highest BCUT2D eigenvalue weighted by Crippen LogP contribution is 2.31. The van der Waals surface area contributed by atoms with Gasteiger partial charge in [-0.15, -0.1) is 0 Å². The maximum atomic E-state index is 13.3. The van der Waals surface area contributed by atoms with Gasteiger partial charge in [-0.2, -0.15) is 5.26 Å². The van der Waals surface area contributed by atoms with E-state index in [1.54, 1.807) is 30.3 Å². The van der Waals surface area contributed by atoms with Crippen molar-refractivity contribution in [2.45, 2.75) is 6.61 Å². The molecule has 0 saturated carbocycles. The number of nitrogens with zero attached hydrogens (tertiary/aromatic N) is 1. The molecule has 30 heavy (non-hydrogen) atoms. The van der Waals surface area contributed by atoms with Gasteiger partial charge in [0.1, 0.15) is 18.2 Å². The maximum Gasteiger partial charge on any atom is 0.335 e. The second kappa shape index (κ2) is 10.0. The molecular formula is C23H14FI2NO3. The normalized spacial score (nSPS) is 11.1. The van der Waals surface area contributed by atoms with Gasteiger partial charge in [0.25, 0.3) is 0 Å². The number of aromatic carboxylic acids is 1. The zero-order valence-electron chi connectivity index (χ0n) is 15.4. The molecule has 3 aromatic rings. The maximum absolute atomic E-state index is 13.3. The predicted molar refractivity (Wildman–Crippen MR) is 129 cm³/mol. The number of benzene rings is 3. The topological polar surface area (TPSA) is 70.3 Å². The number of carboxylic acid groups (broad SMARTS) is 1. The van der Waals surface area contributed by atoms with Gasteiger partial charge >= 0.3 is 5.97 Å². The van der Waals surface area contributed by atoms with Gasteiger partial charge in [0.2, 0.25) is 0 Å². The number of nitriles is 1. The number of hydrogen-bond donors (Lipinski definition) is 1. The van der Waals surface area contributed by atoms with Gasteiger partial charge in [-0.25, -0.2) is 9.18 Å². The number of rotatable bonds is 6. The minimum absolute atomic E-state index is 0.167. The third kappa shape index (κ3) is 5.58. The molecule has 0 spiro atoms. The molecule has 7 heteroatoms. The first kappa shape index (κ1) is 22.2. The lowest BCUT2D eigenvalue weighted by atomic mass is 10.0. The molecule has 3 rings (SSSR count). The molecule has 0 bridgehead atoms. The van der Waals surface area contributed by atoms with Crippen LogP contribution in [0, 0.1) is 24.3 Å². The molecule has 3 aromatic carbocycles. The number of carbonyl (C=O) groups is 1. The summed E-state index contributed by atoms with van der Waals surface area (Å²) in [6.45, 7) is 0.248. The average Bonchev–Trinajstić information content (AvgIpc) is 2.71. The summed E-state index contributed by atoms with van der Waals surface area (Å²) in [5.74, 6) is -0.620. The largest absolute Gasteiger partial charge is 0.487 e. The Kier molecular flexibility index (Phi) is 7.44. The number of halogens is 3. The van der Waals surface area contributed by atoms with Gasteiger partial charge in [0, 0.05) is 0 Å². The van der Waals surface area contributed by atoms with E-state index in [9.17, 15) is 14.4 Å². The van der Waals surface area contributed by atoms with Crippen molar-refractivity contribution in [2.75, 3.05) is 0 Å². The molecule has 0 amide bonds. The molecule has 0 atom stereocenters. The summed E-state index contributed by atoms with van der Waals surface area (Å²) in [5, 5.41) is 18.6. The molecule has 1 N–H and O–H groups in total. The number of ether oxygens (including phenoxy) is 1. The second-order valence-electron chi connectivity index (χ2n) is 6.28. The molecule has 0 unspecified atom stereocenters. The van der Waals surface area contributed by atoms with Crippen molar-refractivity contribution in [1.82, 2.24) is 0 Å². The van der Waals surface area contributed by atoms with Crippen molar-refractivity contribution in [3.8, 4) is 11.8 Å². The zero-order valence-corrected chi connectivity index (χ0v) is 19.7. The molecule has 0 heterocycles. The second-order valence-corrected chi connectivity index (χ2v) is 8.61. The third-order valence-corrected chi connectivity index (χ3v) is 5.77. The van der Waals surface area contributed by atoms with Crippen LogP contribution in [0.2, 0.25) is 0 Å². The monoisotopic (exact) mass is 625 g/mol. The summed E-state index contributed by atoms with van der Waals surface area (Å²) in [4.78, 5) is 11.0. The van der Waals surface area contributed by atoms with Crippen LogP contribution in [-0.2, 0) is 6.61 Å². The van der Waals surface area contributed by atoms with Crippen LogP contribution in [-0.4, -0.2) is 11.1 Å². The van der Waals surface area contributed by atoms with E-state index in [4.69, 9.17) is 9.84 Å². The molecule has 4 nitrogen and oxygen atoms in total. The molecule has 0 radical (unpaired) electrons. The molecular weight excluding hydrogens is 611 g/mol. The Hall–Kier alpha value is -2.45. The number of carboxylic acids is 1. The Morgan fingerprint density at radius 3 is 2.27 bits per heavy atom. The SMILES string of the molecule is N#C/C(=C/c1cc(I)c(OCc2cccc(F)c2)c(I)c1)c1ccc(C(=O)O)cc1. The highest BCUT2D eigenvalue weighted by molar-refractivity contribution is 14.1. The van der Waals surface area contributed by atoms with Crippen molar-refractivity contribution in [3.05, 3.63) is 95.9 Å². The number of allylic oxidation sites excluding steroid dienone is 1. The summed E-state index contributed by atoms with van der Waals surface area (Å²) in [6.07, 6.45) is 1.75. The highest BCUT2D eigenvalue weighted by Gasteiger charge is 2.11. The molecule has 150 valence electrons. The Bertz CT molecular complexity index is 1140. The van der Waals surface area contributed by atoms with Crippen LogP contribution in [0.15, 0.2) is 60.7 Å². The summed E-state index contributed by atoms with van der Waals surface area (Å²) in [5.41, 5.74) is 2.79. The lowest BCUT2D eigenvalue weighted by molar-refractivity contribution is 0.0697. The van der Waals surface area contributed by atoms with Crippen molar-refractivity contribution >= 4 is 62.8 Å². The number of hydrogen-bond acceptors (Lipinski definition) is 3. The minimum atomic E-state index is -1.01. The van der Waals surface area contributed by atoms with E-state index in [0.717, 1.165) is 18.3 Å². The molecule has 0 aromatic heterocycles. The van der Waals surface area contributed by atoms with E-state index in [0.29, 0.717) is 16.9 Å². The average molecular weight is 625 g/mol. The van der Waals surface area contributed by atoms with Crippen molar-refractivity contribution in [1.29, 1.82) is 5.26 Å². The van der Waals surface area contributed by atoms with E-state index in [2.05, 4.69) is 51.3 Å². The fourth-order valence-corrected chi connectivity index (χ4v) is 4.85. The lowest BCUT2D eigenvalue weighted by Crippen LogP contribution is -2.00. The highest BCUT2D eigenvalue weighted by atomic mass is 127. The molecule has 0 saturated heterocycles. The lowest BCUT2D eigenvalue weighted by Gasteiger charge is -2.12. The van der Waals surface area contributed by atoms with Gasteiger partial charge < -0.3 is 9.84 Å². The summed E-state index contributed by atoms with van der Waals surface area (Å²) < 4.78 is 21.0. The van der Waals surface area contributed by atoms with Crippen molar-refractivity contribution in [2.24, 2.45) is 0 Å². The third-order valence-electron chi connectivity index (χ3n) is 4.17. The van der Waals surface area contributed by atoms with E-state index in [1.807, 2.05) is 12.1 Å². The van der Waals surface area contributed by atoms with Crippen LogP contribution in [0.25, 0.3) is 11.6 Å². The van der Waals surface area contributed by atoms with Gasteiger partial charge in [-0.05, 0) is 104 Å². The van der Waals surface area contributed by atoms with Gasteiger partial charge in [0.05, 0.1) is 24.3 Å². The summed E-state index contributed by atoms with van der Waals surface area (Å²) >= 11 is 4.33. The first-order valence-electron chi connectivity index (χ1n) is 8.69. The van der Waals surface area contributed by atoms with Crippen LogP contribution in [0.3, 0.4) is 0 Å². The van der Waals surface area contributed by atoms with Crippen LogP contribution in [0.1, 0.15) is 27.0 Å². The Balaban J connectivity index is 1.84. The van der Waals surface area contributed by atoms with Crippen molar-refractivity contribution in [3.63, 3.8) is 0 Å². The van der Waals surface area contributed by atoms with Crippen LogP contribution in [0.4, 0.5) is 4.39 Å². The predicted octanol–water partition coefficient (Wildman–Crippen LogP) is 6.38. The van der Waals surface area contributed by atoms with E-state index >= 15 is 0 Å². The van der Waals surface area contributed by atoms with Crippen LogP contribution >= 0.6 is 45.2 Å². The standard InChI is InChI=1S/C23H14FI2NO3/c24-19-3-1-2-14(9-19)13-30-22-20(25)10-15(11-21(22)26)8-18(12-27)16-4-6-17(7-5-16)23(28)29/h1-11H,13H2,(H,28,29)/b18-8-. The molecule has 0 aliphatic heterocycles. The Morgan fingerprint density at radius 2 is 1.70 bits per heavy atom. The fourth-order valence-electron chi connectivity index (χ4n) is 2.72. The Morgan fingerprint density at radius 1 is 1.07 bits per heavy atom. The zero-order chi connectivity index (χ0) is 21.7. The van der Waals surface area contributed by atoms with Crippen LogP contribution < -0.4 is 4.74 Å². The summed E-state index contributed by atoms with van der Waals surface area (Å²) in [6, 6.07) is 18.4. The van der Waals surface area contributed by atoms with Gasteiger partial charge in [0.15, 0.2) is 0 Å². The first-order valence-corrected chi connectivity index (χ1v) is 10.8. The van der Waals surface area contributed by atoms with E-state index in [1.165, 1.54) is 24.3 Å². The summed E-state index contributed by atoms with van der Waals surface area (Å²) in [7, 11) is 0. The quantitative estimate of drug-likeness (QED) is 0.196. The van der Waals surface area contributed by atoms with Gasteiger partial charge in [-0.3, -0.25) is 0 Å². The molecule has 0 aliphatic rings. The van der Waals surface area contributed by atoms with Crippen LogP contribution in [0.5, 0.6) is 5.75 Å². The van der Waals surface area contributed by atoms with Crippen molar-refractivity contribution < 1.29 is 19.0 Å². The minimum Gasteiger partial charge on any atom is -0.487 e. The Labute approximate surface area is 200 Å².